The Morgan fingerprint density at radius 2 is 0.971 bits per heavy atom. The number of alkyl halides is 17. The van der Waals surface area contributed by atoms with Crippen LogP contribution >= 0.6 is 0 Å². The molecular weight excluding hydrogens is 555 g/mol. The number of rotatable bonds is 10. The molecule has 0 saturated carbocycles. The molecule has 0 amide bonds. The van der Waals surface area contributed by atoms with E-state index in [1.54, 1.807) is 0 Å². The van der Waals surface area contributed by atoms with E-state index in [9.17, 15) is 74.6 Å². The van der Waals surface area contributed by atoms with Gasteiger partial charge in [-0.25, -0.2) is 0 Å². The van der Waals surface area contributed by atoms with Gasteiger partial charge in [0.25, 0.3) is 0 Å². The molecule has 0 bridgehead atoms. The lowest BCUT2D eigenvalue weighted by molar-refractivity contribution is -0.461. The number of hydrogen-bond donors (Lipinski definition) is 0. The van der Waals surface area contributed by atoms with Gasteiger partial charge in [-0.2, -0.15) is 74.6 Å². The molecule has 0 atom stereocenters. The summed E-state index contributed by atoms with van der Waals surface area (Å²) in [6, 6.07) is -1.04. The van der Waals surface area contributed by atoms with Crippen LogP contribution in [0.4, 0.5) is 74.6 Å². The molecular formula is C17H15F17Si. The van der Waals surface area contributed by atoms with Crippen LogP contribution in [0.3, 0.4) is 0 Å². The van der Waals surface area contributed by atoms with Crippen LogP contribution < -0.4 is 0 Å². The van der Waals surface area contributed by atoms with Gasteiger partial charge in [-0.05, 0) is 12.5 Å². The van der Waals surface area contributed by atoms with Crippen molar-refractivity contribution >= 4 is 8.07 Å². The van der Waals surface area contributed by atoms with Crippen molar-refractivity contribution in [1.29, 1.82) is 0 Å². The Bertz CT molecular complexity index is 847. The zero-order valence-electron chi connectivity index (χ0n) is 17.3. The molecule has 0 radical (unpaired) electrons. The first kappa shape index (κ1) is 31.5. The van der Waals surface area contributed by atoms with E-state index >= 15 is 0 Å². The van der Waals surface area contributed by atoms with Crippen molar-refractivity contribution in [3.05, 3.63) is 23.4 Å². The fourth-order valence-electron chi connectivity index (χ4n) is 2.93. The smallest absolute Gasteiger partial charge is 0.200 e. The van der Waals surface area contributed by atoms with E-state index in [0.29, 0.717) is 5.20 Å². The van der Waals surface area contributed by atoms with Crippen LogP contribution in [0, 0.1) is 0 Å². The average molecular weight is 570 g/mol. The van der Waals surface area contributed by atoms with Crippen molar-refractivity contribution in [1.82, 2.24) is 0 Å². The molecule has 1 rings (SSSR count). The summed E-state index contributed by atoms with van der Waals surface area (Å²) in [5.41, 5.74) is 0. The van der Waals surface area contributed by atoms with E-state index < -0.39 is 68.2 Å². The van der Waals surface area contributed by atoms with Crippen molar-refractivity contribution in [2.75, 3.05) is 0 Å². The second-order valence-corrected chi connectivity index (χ2v) is 13.3. The van der Waals surface area contributed by atoms with Crippen molar-refractivity contribution in [2.45, 2.75) is 79.6 Å². The van der Waals surface area contributed by atoms with Gasteiger partial charge >= 0.3 is 47.6 Å². The highest BCUT2D eigenvalue weighted by molar-refractivity contribution is 6.84. The minimum atomic E-state index is -8.59. The highest BCUT2D eigenvalue weighted by Gasteiger charge is 2.95. The predicted molar refractivity (Wildman–Crippen MR) is 89.4 cm³/mol. The normalized spacial score (nSPS) is 17.7. The van der Waals surface area contributed by atoms with Crippen LogP contribution in [-0.4, -0.2) is 55.7 Å². The molecule has 18 heteroatoms. The molecule has 0 aromatic rings. The third-order valence-corrected chi connectivity index (χ3v) is 9.10. The van der Waals surface area contributed by atoms with Gasteiger partial charge in [-0.1, -0.05) is 36.5 Å². The Kier molecular flexibility index (Phi) is 7.69. The van der Waals surface area contributed by atoms with Gasteiger partial charge in [-0.3, -0.25) is 0 Å². The van der Waals surface area contributed by atoms with Crippen molar-refractivity contribution < 1.29 is 74.6 Å². The standard InChI is InChI=1S/C17H15F17Si/c1-35(2,9-5-3-4-6-9)8-7-10(18,19)11(20,21)12(22,23)13(24,25)14(26,27)15(28,29)16(30,31)17(32,33)34/h3-5H,6-8H2,1-2H3. The minimum absolute atomic E-state index is 0.143. The first-order valence-corrected chi connectivity index (χ1v) is 12.3. The Labute approximate surface area is 186 Å². The molecule has 0 aliphatic heterocycles. The summed E-state index contributed by atoms with van der Waals surface area (Å²) in [5.74, 6) is -55.9. The van der Waals surface area contributed by atoms with Gasteiger partial charge in [0.15, 0.2) is 0 Å². The molecule has 0 fully saturated rings. The minimum Gasteiger partial charge on any atom is -0.200 e. The molecule has 206 valence electrons. The van der Waals surface area contributed by atoms with E-state index in [4.69, 9.17) is 0 Å². The zero-order chi connectivity index (χ0) is 28.3. The van der Waals surface area contributed by atoms with Crippen LogP contribution in [-0.2, 0) is 0 Å². The SMILES string of the molecule is C[Si](C)(CCC(F)(F)C(F)(F)C(F)(F)C(F)(F)C(F)(F)C(F)(F)C(F)(F)C(F)(F)F)C1=CC=CC1. The zero-order valence-corrected chi connectivity index (χ0v) is 18.3. The summed E-state index contributed by atoms with van der Waals surface area (Å²) in [6.07, 6.45) is -5.69. The summed E-state index contributed by atoms with van der Waals surface area (Å²) in [5, 5.41) is 0.411. The topological polar surface area (TPSA) is 0 Å². The Morgan fingerprint density at radius 1 is 0.600 bits per heavy atom. The molecule has 35 heavy (non-hydrogen) atoms. The molecule has 0 spiro atoms. The van der Waals surface area contributed by atoms with Crippen LogP contribution in [0.2, 0.25) is 19.1 Å². The summed E-state index contributed by atoms with van der Waals surface area (Å²) in [4.78, 5) is 0. The maximum atomic E-state index is 14.0. The molecule has 0 saturated heterocycles. The third kappa shape index (κ3) is 4.55. The quantitative estimate of drug-likeness (QED) is 0.183. The maximum absolute atomic E-state index is 14.0. The molecule has 0 N–H and O–H groups in total. The second kappa shape index (κ2) is 8.53. The van der Waals surface area contributed by atoms with Gasteiger partial charge in [0.05, 0.1) is 8.07 Å². The van der Waals surface area contributed by atoms with Gasteiger partial charge < -0.3 is 0 Å². The van der Waals surface area contributed by atoms with Crippen molar-refractivity contribution in [3.63, 3.8) is 0 Å². The first-order chi connectivity index (χ1) is 15.1. The summed E-state index contributed by atoms with van der Waals surface area (Å²) >= 11 is 0. The maximum Gasteiger partial charge on any atom is 0.460 e. The molecule has 0 heterocycles. The molecule has 0 aromatic carbocycles. The average Bonchev–Trinajstić information content (AvgIpc) is 3.20. The third-order valence-electron chi connectivity index (χ3n) is 5.49. The number of allylic oxidation sites excluding steroid dienone is 4. The van der Waals surface area contributed by atoms with Crippen molar-refractivity contribution in [3.8, 4) is 0 Å². The van der Waals surface area contributed by atoms with Gasteiger partial charge in [-0.15, -0.1) is 0 Å². The summed E-state index contributed by atoms with van der Waals surface area (Å²) in [6.45, 7) is 2.53. The second-order valence-electron chi connectivity index (χ2n) is 8.36. The van der Waals surface area contributed by atoms with E-state index in [-0.39, 0.29) is 6.42 Å². The van der Waals surface area contributed by atoms with Crippen LogP contribution in [0.5, 0.6) is 0 Å². The van der Waals surface area contributed by atoms with Gasteiger partial charge in [0, 0.05) is 6.42 Å². The van der Waals surface area contributed by atoms with Gasteiger partial charge in [0.1, 0.15) is 0 Å². The van der Waals surface area contributed by atoms with E-state index in [1.165, 1.54) is 31.3 Å². The lowest BCUT2D eigenvalue weighted by atomic mass is 9.88. The van der Waals surface area contributed by atoms with Crippen LogP contribution in [0.25, 0.3) is 0 Å². The molecule has 0 aromatic heterocycles. The summed E-state index contributed by atoms with van der Waals surface area (Å²) < 4.78 is 226. The van der Waals surface area contributed by atoms with E-state index in [1.807, 2.05) is 0 Å². The largest absolute Gasteiger partial charge is 0.460 e. The Balaban J connectivity index is 3.43. The molecule has 0 nitrogen and oxygen atoms in total. The first-order valence-electron chi connectivity index (χ1n) is 9.14. The number of halogens is 17. The predicted octanol–water partition coefficient (Wildman–Crippen LogP) is 8.52. The van der Waals surface area contributed by atoms with Crippen LogP contribution in [0.15, 0.2) is 23.4 Å². The molecule has 0 unspecified atom stereocenters. The van der Waals surface area contributed by atoms with E-state index in [2.05, 4.69) is 0 Å². The highest BCUT2D eigenvalue weighted by Crippen LogP contribution is 2.64. The lowest BCUT2D eigenvalue weighted by Crippen LogP contribution is -2.74. The summed E-state index contributed by atoms with van der Waals surface area (Å²) in [7, 11) is -3.12. The molecule has 1 aliphatic carbocycles. The fraction of sp³-hybridized carbons (Fsp3) is 0.765. The van der Waals surface area contributed by atoms with Gasteiger partial charge in [0.2, 0.25) is 0 Å². The highest BCUT2D eigenvalue weighted by atomic mass is 28.3. The lowest BCUT2D eigenvalue weighted by Gasteiger charge is -2.43. The Morgan fingerprint density at radius 3 is 1.31 bits per heavy atom. The monoisotopic (exact) mass is 570 g/mol. The Hall–Kier alpha value is -1.49. The van der Waals surface area contributed by atoms with E-state index in [0.717, 1.165) is 0 Å². The van der Waals surface area contributed by atoms with Crippen molar-refractivity contribution in [2.24, 2.45) is 0 Å². The fourth-order valence-corrected chi connectivity index (χ4v) is 5.41. The molecule has 1 aliphatic rings. The number of hydrogen-bond acceptors (Lipinski definition) is 0. The van der Waals surface area contributed by atoms with Crippen LogP contribution in [0.1, 0.15) is 12.8 Å².